The van der Waals surface area contributed by atoms with Crippen LogP contribution in [0.3, 0.4) is 0 Å². The Morgan fingerprint density at radius 1 is 1.17 bits per heavy atom. The van der Waals surface area contributed by atoms with E-state index in [1.54, 1.807) is 17.9 Å². The van der Waals surface area contributed by atoms with Gasteiger partial charge in [0.05, 0.1) is 18.4 Å². The number of amides is 1. The first-order valence-corrected chi connectivity index (χ1v) is 8.15. The van der Waals surface area contributed by atoms with E-state index in [2.05, 4.69) is 26.3 Å². The second-order valence-corrected chi connectivity index (χ2v) is 6.07. The smallest absolute Gasteiger partial charge is 0.258 e. The molecule has 1 N–H and O–H groups in total. The van der Waals surface area contributed by atoms with E-state index in [4.69, 9.17) is 4.74 Å². The molecule has 0 aliphatic heterocycles. The second kappa shape index (κ2) is 6.88. The minimum atomic E-state index is -0.207. The molecule has 0 saturated carbocycles. The van der Waals surface area contributed by atoms with E-state index < -0.39 is 0 Å². The Hall–Kier alpha value is -2.60. The Bertz CT molecular complexity index is 872. The van der Waals surface area contributed by atoms with E-state index in [9.17, 15) is 4.79 Å². The number of benzene rings is 2. The molecular weight excluding hydrogens is 370 g/mol. The van der Waals surface area contributed by atoms with Gasteiger partial charge in [0.25, 0.3) is 5.91 Å². The lowest BCUT2D eigenvalue weighted by Crippen LogP contribution is -2.13. The van der Waals surface area contributed by atoms with Crippen LogP contribution >= 0.6 is 15.9 Å². The van der Waals surface area contributed by atoms with E-state index in [1.165, 1.54) is 0 Å². The first-order chi connectivity index (χ1) is 11.6. The Kier molecular flexibility index (Phi) is 4.66. The quantitative estimate of drug-likeness (QED) is 0.731. The number of carbonyl (C=O) groups excluding carboxylic acids is 1. The number of carbonyl (C=O) groups is 1. The van der Waals surface area contributed by atoms with Crippen molar-refractivity contribution in [1.29, 1.82) is 0 Å². The van der Waals surface area contributed by atoms with Gasteiger partial charge >= 0.3 is 0 Å². The number of methoxy groups -OCH3 is 1. The summed E-state index contributed by atoms with van der Waals surface area (Å²) in [5.41, 5.74) is 2.38. The summed E-state index contributed by atoms with van der Waals surface area (Å²) in [6.45, 7) is 1.94. The fourth-order valence-electron chi connectivity index (χ4n) is 2.35. The van der Waals surface area contributed by atoms with Gasteiger partial charge in [-0.05, 0) is 59.3 Å². The van der Waals surface area contributed by atoms with Gasteiger partial charge in [-0.15, -0.1) is 5.10 Å². The third-order valence-electron chi connectivity index (χ3n) is 3.56. The molecule has 0 aliphatic carbocycles. The maximum absolute atomic E-state index is 12.4. The monoisotopic (exact) mass is 385 g/mol. The maximum atomic E-state index is 12.4. The number of anilines is 1. The minimum Gasteiger partial charge on any atom is -0.497 e. The number of nitrogens with zero attached hydrogens (tertiary/aromatic N) is 2. The highest BCUT2D eigenvalue weighted by Crippen LogP contribution is 2.20. The molecule has 5 nitrogen and oxygen atoms in total. The summed E-state index contributed by atoms with van der Waals surface area (Å²) in [5, 5.41) is 7.29. The molecule has 0 spiro atoms. The van der Waals surface area contributed by atoms with Crippen molar-refractivity contribution in [1.82, 2.24) is 9.78 Å². The lowest BCUT2D eigenvalue weighted by Gasteiger charge is -2.06. The van der Waals surface area contributed by atoms with Gasteiger partial charge in [0.1, 0.15) is 5.75 Å². The molecule has 0 unspecified atom stereocenters. The van der Waals surface area contributed by atoms with Crippen molar-refractivity contribution >= 4 is 27.7 Å². The number of rotatable bonds is 4. The van der Waals surface area contributed by atoms with Crippen LogP contribution < -0.4 is 10.1 Å². The second-order valence-electron chi connectivity index (χ2n) is 5.21. The van der Waals surface area contributed by atoms with Gasteiger partial charge in [-0.3, -0.25) is 4.79 Å². The van der Waals surface area contributed by atoms with Crippen LogP contribution in [0, 0.1) is 6.92 Å². The van der Waals surface area contributed by atoms with E-state index in [0.29, 0.717) is 11.4 Å². The van der Waals surface area contributed by atoms with Crippen LogP contribution in [0.25, 0.3) is 5.69 Å². The topological polar surface area (TPSA) is 56.1 Å². The molecular formula is C18H16BrN3O2. The number of nitrogens with one attached hydrogen (secondary N) is 1. The molecule has 0 fully saturated rings. The largest absolute Gasteiger partial charge is 0.497 e. The number of aromatic nitrogens is 2. The zero-order chi connectivity index (χ0) is 17.1. The molecule has 3 rings (SSSR count). The van der Waals surface area contributed by atoms with Crippen molar-refractivity contribution in [2.75, 3.05) is 12.4 Å². The number of hydrogen-bond donors (Lipinski definition) is 1. The zero-order valence-electron chi connectivity index (χ0n) is 13.3. The van der Waals surface area contributed by atoms with Crippen LogP contribution in [-0.2, 0) is 0 Å². The number of halogens is 1. The highest BCUT2D eigenvalue weighted by molar-refractivity contribution is 9.10. The third kappa shape index (κ3) is 3.33. The van der Waals surface area contributed by atoms with E-state index in [0.717, 1.165) is 21.6 Å². The number of hydrogen-bond acceptors (Lipinski definition) is 3. The Morgan fingerprint density at radius 2 is 1.88 bits per heavy atom. The van der Waals surface area contributed by atoms with Crippen LogP contribution in [0.4, 0.5) is 5.82 Å². The van der Waals surface area contributed by atoms with Gasteiger partial charge in [0, 0.05) is 16.2 Å². The van der Waals surface area contributed by atoms with E-state index in [-0.39, 0.29) is 5.91 Å². The molecule has 1 aromatic heterocycles. The van der Waals surface area contributed by atoms with Gasteiger partial charge in [0.2, 0.25) is 0 Å². The van der Waals surface area contributed by atoms with Crippen molar-refractivity contribution in [3.05, 3.63) is 70.3 Å². The molecule has 1 heterocycles. The van der Waals surface area contributed by atoms with Crippen LogP contribution in [0.2, 0.25) is 0 Å². The molecule has 0 radical (unpaired) electrons. The van der Waals surface area contributed by atoms with Crippen molar-refractivity contribution in [2.45, 2.75) is 6.92 Å². The maximum Gasteiger partial charge on any atom is 0.258 e. The highest BCUT2D eigenvalue weighted by atomic mass is 79.9. The Labute approximate surface area is 148 Å². The molecule has 0 aliphatic rings. The Morgan fingerprint density at radius 3 is 2.54 bits per heavy atom. The predicted octanol–water partition coefficient (Wildman–Crippen LogP) is 4.20. The molecule has 0 bridgehead atoms. The van der Waals surface area contributed by atoms with Crippen molar-refractivity contribution < 1.29 is 9.53 Å². The van der Waals surface area contributed by atoms with Crippen LogP contribution in [0.15, 0.2) is 59.1 Å². The van der Waals surface area contributed by atoms with Gasteiger partial charge < -0.3 is 10.1 Å². The molecule has 24 heavy (non-hydrogen) atoms. The summed E-state index contributed by atoms with van der Waals surface area (Å²) in [5.74, 6) is 1.08. The third-order valence-corrected chi connectivity index (χ3v) is 4.26. The van der Waals surface area contributed by atoms with Crippen molar-refractivity contribution in [2.24, 2.45) is 0 Å². The lowest BCUT2D eigenvalue weighted by molar-refractivity contribution is 0.102. The average molecular weight is 386 g/mol. The summed E-state index contributed by atoms with van der Waals surface area (Å²) in [7, 11) is 1.63. The van der Waals surface area contributed by atoms with Gasteiger partial charge in [-0.25, -0.2) is 4.68 Å². The van der Waals surface area contributed by atoms with Gasteiger partial charge in [-0.2, -0.15) is 0 Å². The number of ether oxygens (including phenoxy) is 1. The zero-order valence-corrected chi connectivity index (χ0v) is 14.9. The summed E-state index contributed by atoms with van der Waals surface area (Å²) < 4.78 is 7.68. The van der Waals surface area contributed by atoms with E-state index >= 15 is 0 Å². The summed E-state index contributed by atoms with van der Waals surface area (Å²) in [6.07, 6.45) is 0. The molecule has 1 amide bonds. The van der Waals surface area contributed by atoms with E-state index in [1.807, 2.05) is 55.5 Å². The molecule has 122 valence electrons. The first kappa shape index (κ1) is 16.3. The van der Waals surface area contributed by atoms with Gasteiger partial charge in [0.15, 0.2) is 5.82 Å². The number of aryl methyl sites for hydroxylation is 1. The molecule has 0 atom stereocenters. The summed E-state index contributed by atoms with van der Waals surface area (Å²) in [6, 6.07) is 16.7. The van der Waals surface area contributed by atoms with Crippen LogP contribution in [0.1, 0.15) is 16.1 Å². The fraction of sp³-hybridized carbons (Fsp3) is 0.111. The first-order valence-electron chi connectivity index (χ1n) is 7.35. The Balaban J connectivity index is 1.83. The average Bonchev–Trinajstić information content (AvgIpc) is 2.95. The fourth-order valence-corrected chi connectivity index (χ4v) is 2.81. The van der Waals surface area contributed by atoms with Crippen molar-refractivity contribution in [3.8, 4) is 11.4 Å². The van der Waals surface area contributed by atoms with Gasteiger partial charge in [-0.1, -0.05) is 12.1 Å². The van der Waals surface area contributed by atoms with Crippen LogP contribution in [-0.4, -0.2) is 22.8 Å². The molecule has 3 aromatic rings. The minimum absolute atomic E-state index is 0.207. The highest BCUT2D eigenvalue weighted by Gasteiger charge is 2.13. The SMILES string of the molecule is COc1ccc(-n2nc(NC(=O)c3ccccc3Br)cc2C)cc1. The summed E-state index contributed by atoms with van der Waals surface area (Å²) in [4.78, 5) is 12.4. The predicted molar refractivity (Wildman–Crippen MR) is 96.9 cm³/mol. The lowest BCUT2D eigenvalue weighted by atomic mass is 10.2. The summed E-state index contributed by atoms with van der Waals surface area (Å²) >= 11 is 3.38. The van der Waals surface area contributed by atoms with Crippen molar-refractivity contribution in [3.63, 3.8) is 0 Å². The molecule has 2 aromatic carbocycles. The van der Waals surface area contributed by atoms with Crippen LogP contribution in [0.5, 0.6) is 5.75 Å². The standard InChI is InChI=1S/C18H16BrN3O2/c1-12-11-17(20-18(23)15-5-3-4-6-16(15)19)21-22(12)13-7-9-14(24-2)10-8-13/h3-11H,1-2H3,(H,20,21,23). The molecule has 6 heteroatoms. The normalized spacial score (nSPS) is 10.5. The molecule has 0 saturated heterocycles.